The molecule has 132 valence electrons. The molecule has 2 rings (SSSR count). The van der Waals surface area contributed by atoms with Crippen molar-refractivity contribution >= 4 is 5.78 Å². The molecule has 0 aromatic carbocycles. The van der Waals surface area contributed by atoms with E-state index in [9.17, 15) is 9.90 Å². The maximum Gasteiger partial charge on any atom is 0.138 e. The number of hydrogen-bond acceptors (Lipinski definition) is 3. The summed E-state index contributed by atoms with van der Waals surface area (Å²) >= 11 is 0. The van der Waals surface area contributed by atoms with Crippen LogP contribution in [-0.4, -0.2) is 28.2 Å². The van der Waals surface area contributed by atoms with Crippen LogP contribution in [0, 0.1) is 22.7 Å². The highest BCUT2D eigenvalue weighted by atomic mass is 16.3. The Morgan fingerprint density at radius 3 is 2.57 bits per heavy atom. The van der Waals surface area contributed by atoms with Gasteiger partial charge in [-0.2, -0.15) is 0 Å². The van der Waals surface area contributed by atoms with E-state index in [-0.39, 0.29) is 35.1 Å². The van der Waals surface area contributed by atoms with Crippen LogP contribution in [0.25, 0.3) is 0 Å². The van der Waals surface area contributed by atoms with Gasteiger partial charge in [0.15, 0.2) is 0 Å². The van der Waals surface area contributed by atoms with Gasteiger partial charge in [0.05, 0.1) is 12.2 Å². The van der Waals surface area contributed by atoms with Gasteiger partial charge in [0.2, 0.25) is 0 Å². The van der Waals surface area contributed by atoms with E-state index in [1.807, 2.05) is 13.8 Å². The van der Waals surface area contributed by atoms with Gasteiger partial charge in [0.25, 0.3) is 0 Å². The van der Waals surface area contributed by atoms with E-state index in [0.29, 0.717) is 12.8 Å². The molecule has 3 heteroatoms. The number of carbonyl (C=O) groups is 1. The smallest absolute Gasteiger partial charge is 0.138 e. The van der Waals surface area contributed by atoms with Gasteiger partial charge in [-0.25, -0.2) is 0 Å². The molecular formula is C20H34O3. The molecule has 0 heterocycles. The van der Waals surface area contributed by atoms with E-state index in [2.05, 4.69) is 20.8 Å². The number of Topliss-reactive ketones (excluding diaryl/α,β-unsaturated/α-hetero) is 1. The van der Waals surface area contributed by atoms with Crippen LogP contribution >= 0.6 is 0 Å². The molecule has 0 unspecified atom stereocenters. The minimum absolute atomic E-state index is 0.0334. The van der Waals surface area contributed by atoms with Crippen LogP contribution in [0.1, 0.15) is 73.1 Å². The second kappa shape index (κ2) is 6.33. The molecule has 0 bridgehead atoms. The summed E-state index contributed by atoms with van der Waals surface area (Å²) in [6.07, 6.45) is 6.99. The third-order valence-corrected chi connectivity index (χ3v) is 7.16. The molecule has 0 aliphatic heterocycles. The lowest BCUT2D eigenvalue weighted by Crippen LogP contribution is -2.64. The molecule has 4 atom stereocenters. The second-order valence-corrected chi connectivity index (χ2v) is 8.86. The Morgan fingerprint density at radius 1 is 1.30 bits per heavy atom. The van der Waals surface area contributed by atoms with E-state index in [0.717, 1.165) is 31.3 Å². The molecule has 0 radical (unpaired) electrons. The van der Waals surface area contributed by atoms with Crippen LogP contribution in [0.2, 0.25) is 0 Å². The zero-order chi connectivity index (χ0) is 17.5. The Kier molecular flexibility index (Phi) is 5.13. The van der Waals surface area contributed by atoms with Gasteiger partial charge in [-0.1, -0.05) is 45.8 Å². The Hall–Kier alpha value is -0.670. The van der Waals surface area contributed by atoms with E-state index in [1.165, 1.54) is 0 Å². The normalized spacial score (nSPS) is 40.8. The number of aliphatic hydroxyl groups excluding tert-OH is 1. The first-order valence-electron chi connectivity index (χ1n) is 9.10. The van der Waals surface area contributed by atoms with Crippen molar-refractivity contribution in [2.24, 2.45) is 22.7 Å². The first kappa shape index (κ1) is 18.7. The first-order valence-corrected chi connectivity index (χ1v) is 9.10. The average molecular weight is 322 g/mol. The molecule has 23 heavy (non-hydrogen) atoms. The molecule has 0 saturated heterocycles. The fourth-order valence-corrected chi connectivity index (χ4v) is 5.43. The molecule has 2 aliphatic carbocycles. The van der Waals surface area contributed by atoms with Crippen LogP contribution in [-0.2, 0) is 4.79 Å². The van der Waals surface area contributed by atoms with Gasteiger partial charge < -0.3 is 10.2 Å². The van der Waals surface area contributed by atoms with E-state index < -0.39 is 5.60 Å². The van der Waals surface area contributed by atoms with Gasteiger partial charge >= 0.3 is 0 Å². The average Bonchev–Trinajstić information content (AvgIpc) is 2.46. The quantitative estimate of drug-likeness (QED) is 0.772. The molecule has 2 fully saturated rings. The van der Waals surface area contributed by atoms with Crippen LogP contribution < -0.4 is 0 Å². The molecule has 0 aromatic rings. The zero-order valence-corrected chi connectivity index (χ0v) is 15.5. The summed E-state index contributed by atoms with van der Waals surface area (Å²) in [6, 6.07) is 0. The van der Waals surface area contributed by atoms with Gasteiger partial charge in [-0.3, -0.25) is 4.79 Å². The first-order chi connectivity index (χ1) is 10.6. The van der Waals surface area contributed by atoms with Crippen LogP contribution in [0.3, 0.4) is 0 Å². The summed E-state index contributed by atoms with van der Waals surface area (Å²) in [5.74, 6) is 0.160. The van der Waals surface area contributed by atoms with Crippen molar-refractivity contribution in [3.63, 3.8) is 0 Å². The molecule has 0 aromatic heterocycles. The lowest BCUT2D eigenvalue weighted by molar-refractivity contribution is -0.208. The predicted octanol–water partition coefficient (Wildman–Crippen LogP) is 3.88. The van der Waals surface area contributed by atoms with Crippen molar-refractivity contribution in [2.45, 2.75) is 78.7 Å². The van der Waals surface area contributed by atoms with Crippen molar-refractivity contribution in [2.75, 3.05) is 6.61 Å². The summed E-state index contributed by atoms with van der Waals surface area (Å²) < 4.78 is 0. The highest BCUT2D eigenvalue weighted by Crippen LogP contribution is 2.62. The molecule has 2 N–H and O–H groups in total. The van der Waals surface area contributed by atoms with Gasteiger partial charge in [-0.05, 0) is 43.9 Å². The lowest BCUT2D eigenvalue weighted by Gasteiger charge is -2.62. The summed E-state index contributed by atoms with van der Waals surface area (Å²) in [4.78, 5) is 12.7. The van der Waals surface area contributed by atoms with Crippen molar-refractivity contribution in [1.82, 2.24) is 0 Å². The Morgan fingerprint density at radius 2 is 1.96 bits per heavy atom. The van der Waals surface area contributed by atoms with Crippen molar-refractivity contribution in [1.29, 1.82) is 0 Å². The highest BCUT2D eigenvalue weighted by Gasteiger charge is 2.63. The summed E-state index contributed by atoms with van der Waals surface area (Å²) in [5.41, 5.74) is 0.0326. The monoisotopic (exact) mass is 322 g/mol. The Labute approximate surface area is 141 Å². The fraction of sp³-hybridized carbons (Fsp3) is 0.850. The predicted molar refractivity (Wildman–Crippen MR) is 93.0 cm³/mol. The third-order valence-electron chi connectivity index (χ3n) is 7.16. The molecule has 2 aliphatic rings. The van der Waals surface area contributed by atoms with E-state index in [4.69, 9.17) is 5.11 Å². The number of hydrogen-bond donors (Lipinski definition) is 2. The Bertz CT molecular complexity index is 493. The number of rotatable bonds is 4. The number of carbonyl (C=O) groups excluding carboxylic acids is 1. The standard InChI is InChI=1S/C20H34O3/c1-14(8-12-21)7-11-20(23)15(2)16(22)13-17-18(3,4)9-6-10-19(17,20)5/h8,15,17,21,23H,6-7,9-13H2,1-5H3/t15-,17+,19+,20-/m1/s1. The number of aliphatic hydroxyl groups is 2. The minimum atomic E-state index is -0.949. The SMILES string of the molecule is CC(=CCO)CC[C@@]1(O)[C@H](C)C(=O)C[C@H]2C(C)(C)CCC[C@@]21C. The molecule has 3 nitrogen and oxygen atoms in total. The van der Waals surface area contributed by atoms with Crippen LogP contribution in [0.15, 0.2) is 11.6 Å². The summed E-state index contributed by atoms with van der Waals surface area (Å²) in [5, 5.41) is 20.7. The van der Waals surface area contributed by atoms with Gasteiger partial charge in [-0.15, -0.1) is 0 Å². The maximum atomic E-state index is 12.7. The molecule has 2 saturated carbocycles. The van der Waals surface area contributed by atoms with E-state index in [1.54, 1.807) is 6.08 Å². The number of ketones is 1. The summed E-state index contributed by atoms with van der Waals surface area (Å²) in [6.45, 7) is 10.7. The lowest BCUT2D eigenvalue weighted by atomic mass is 9.44. The van der Waals surface area contributed by atoms with Crippen LogP contribution in [0.5, 0.6) is 0 Å². The highest BCUT2D eigenvalue weighted by molar-refractivity contribution is 5.83. The summed E-state index contributed by atoms with van der Waals surface area (Å²) in [7, 11) is 0. The second-order valence-electron chi connectivity index (χ2n) is 8.86. The molecule has 0 spiro atoms. The van der Waals surface area contributed by atoms with Crippen molar-refractivity contribution in [3.05, 3.63) is 11.6 Å². The van der Waals surface area contributed by atoms with Crippen molar-refractivity contribution < 1.29 is 15.0 Å². The number of allylic oxidation sites excluding steroid dienone is 1. The molecule has 0 amide bonds. The van der Waals surface area contributed by atoms with Gasteiger partial charge in [0.1, 0.15) is 5.78 Å². The van der Waals surface area contributed by atoms with Crippen molar-refractivity contribution in [3.8, 4) is 0 Å². The topological polar surface area (TPSA) is 57.5 Å². The molecular weight excluding hydrogens is 288 g/mol. The van der Waals surface area contributed by atoms with E-state index >= 15 is 0 Å². The van der Waals surface area contributed by atoms with Crippen LogP contribution in [0.4, 0.5) is 0 Å². The minimum Gasteiger partial charge on any atom is -0.392 e. The number of fused-ring (bicyclic) bond motifs is 1. The zero-order valence-electron chi connectivity index (χ0n) is 15.5. The largest absolute Gasteiger partial charge is 0.392 e. The fourth-order valence-electron chi connectivity index (χ4n) is 5.43. The van der Waals surface area contributed by atoms with Gasteiger partial charge in [0, 0.05) is 17.8 Å². The Balaban J connectivity index is 2.37. The maximum absolute atomic E-state index is 12.7. The third kappa shape index (κ3) is 3.02.